The fraction of sp³-hybridized carbons (Fsp3) is 0.400. The van der Waals surface area contributed by atoms with Crippen molar-refractivity contribution in [1.29, 1.82) is 1.34 Å². The van der Waals surface area contributed by atoms with E-state index in [2.05, 4.69) is 0 Å². The maximum absolute atomic E-state index is 10.4. The normalized spacial score (nSPS) is 9.00. The van der Waals surface area contributed by atoms with Crippen molar-refractivity contribution in [1.82, 2.24) is 0 Å². The monoisotopic (exact) mass is 111 g/mol. The maximum atomic E-state index is 10.4. The molecule has 0 aromatic heterocycles. The molecule has 3 heteroatoms. The Morgan fingerprint density at radius 1 is 1.38 bits per heavy atom. The van der Waals surface area contributed by atoms with Gasteiger partial charge in [0.15, 0.2) is 0 Å². The Morgan fingerprint density at radius 2 is 1.75 bits per heavy atom. The number of rotatable bonds is 2. The Hall–Kier alpha value is -0.725. The first-order valence-electron chi connectivity index (χ1n) is 2.77. The fourth-order valence-electron chi connectivity index (χ4n) is 0.248. The van der Waals surface area contributed by atoms with Crippen molar-refractivity contribution < 1.29 is 9.59 Å². The van der Waals surface area contributed by atoms with Gasteiger partial charge in [-0.15, -0.1) is 0 Å². The first-order valence-corrected chi connectivity index (χ1v) is 2.20. The van der Waals surface area contributed by atoms with Crippen LogP contribution in [0.5, 0.6) is 0 Å². The zero-order chi connectivity index (χ0) is 7.44. The summed E-state index contributed by atoms with van der Waals surface area (Å²) in [6.07, 6.45) is 0. The van der Waals surface area contributed by atoms with Crippen LogP contribution in [0, 0.1) is 0 Å². The van der Waals surface area contributed by atoms with Crippen molar-refractivity contribution in [2.24, 2.45) is 0 Å². The van der Waals surface area contributed by atoms with Gasteiger partial charge in [-0.25, -0.2) is 0 Å². The molecular formula is C5H7BO2. The van der Waals surface area contributed by atoms with Crippen LogP contribution in [-0.4, -0.2) is 25.8 Å². The zero-order valence-electron chi connectivity index (χ0n) is 5.89. The summed E-state index contributed by atoms with van der Waals surface area (Å²) < 4.78 is 6.62. The van der Waals surface area contributed by atoms with Crippen molar-refractivity contribution in [3.63, 3.8) is 0 Å². The molecule has 0 aromatic rings. The van der Waals surface area contributed by atoms with Crippen molar-refractivity contribution in [2.45, 2.75) is 13.8 Å². The van der Waals surface area contributed by atoms with Gasteiger partial charge in [-0.1, -0.05) is 0 Å². The van der Waals surface area contributed by atoms with Crippen molar-refractivity contribution >= 4 is 24.5 Å². The van der Waals surface area contributed by atoms with Crippen LogP contribution in [0.15, 0.2) is 0 Å². The molecule has 0 radical (unpaired) electrons. The van der Waals surface area contributed by atoms with Crippen LogP contribution in [0.1, 0.15) is 13.8 Å². The summed E-state index contributed by atoms with van der Waals surface area (Å²) in [5.74, 6) is -0.699. The van der Waals surface area contributed by atoms with Gasteiger partial charge >= 0.3 is 49.3 Å². The standard InChI is InChI=1S/C5H7BO2/c1-3(7)5(6)4(2)8/h6H,1-2H3/i6D. The van der Waals surface area contributed by atoms with Gasteiger partial charge in [-0.3, -0.25) is 0 Å². The van der Waals surface area contributed by atoms with E-state index < -0.39 is 0 Å². The Morgan fingerprint density at radius 3 is 1.75 bits per heavy atom. The van der Waals surface area contributed by atoms with E-state index in [0.717, 1.165) is 7.45 Å². The second-order valence-corrected chi connectivity index (χ2v) is 1.53. The molecule has 0 aliphatic rings. The molecule has 0 rings (SSSR count). The number of hydrogen-bond acceptors (Lipinski definition) is 2. The molecule has 0 aliphatic carbocycles. The first kappa shape index (κ1) is 5.41. The van der Waals surface area contributed by atoms with Gasteiger partial charge in [0.1, 0.15) is 0 Å². The summed E-state index contributed by atoms with van der Waals surface area (Å²) in [5.41, 5.74) is -0.0463. The molecule has 0 saturated heterocycles. The summed E-state index contributed by atoms with van der Waals surface area (Å²) in [6.45, 7) is 2.53. The van der Waals surface area contributed by atoms with Gasteiger partial charge in [-0.05, 0) is 0 Å². The van der Waals surface area contributed by atoms with Gasteiger partial charge in [0.2, 0.25) is 0 Å². The summed E-state index contributed by atoms with van der Waals surface area (Å²) in [5, 5.41) is 0. The molecule has 0 aromatic carbocycles. The Kier molecular flexibility index (Phi) is 1.73. The van der Waals surface area contributed by atoms with E-state index >= 15 is 0 Å². The molecule has 8 heavy (non-hydrogen) atoms. The molecule has 0 atom stereocenters. The van der Waals surface area contributed by atoms with Crippen molar-refractivity contribution in [3.05, 3.63) is 0 Å². The number of Topliss-reactive ketones (excluding diaryl/α,β-unsaturated/α-hetero) is 2. The van der Waals surface area contributed by atoms with Crippen LogP contribution in [-0.2, 0) is 9.59 Å². The summed E-state index contributed by atoms with van der Waals surface area (Å²) in [4.78, 5) is 20.8. The number of ketones is 2. The molecule has 42 valence electrons. The third kappa shape index (κ3) is 1.82. The van der Waals surface area contributed by atoms with Crippen LogP contribution >= 0.6 is 0 Å². The molecule has 0 fully saturated rings. The topological polar surface area (TPSA) is 34.1 Å². The SMILES string of the molecule is [2H]B=C(C(C)=O)C(C)=O. The van der Waals surface area contributed by atoms with Crippen LogP contribution in [0.2, 0.25) is 0 Å². The molecule has 0 unspecified atom stereocenters. The molecule has 0 bridgehead atoms. The third-order valence-electron chi connectivity index (χ3n) is 0.759. The molecule has 2 nitrogen and oxygen atoms in total. The minimum atomic E-state index is -0.350. The number of hydrogen-bond donors (Lipinski definition) is 0. The van der Waals surface area contributed by atoms with E-state index in [1.54, 1.807) is 0 Å². The van der Waals surface area contributed by atoms with E-state index in [-0.39, 0.29) is 17.0 Å². The van der Waals surface area contributed by atoms with E-state index in [9.17, 15) is 9.59 Å². The summed E-state index contributed by atoms with van der Waals surface area (Å²) >= 11 is 0. The quantitative estimate of drug-likeness (QED) is 0.346. The second-order valence-electron chi connectivity index (χ2n) is 1.53. The molecule has 0 saturated carbocycles. The Labute approximate surface area is 50.3 Å². The summed E-state index contributed by atoms with van der Waals surface area (Å²) in [7, 11) is 0.782. The van der Waals surface area contributed by atoms with Gasteiger partial charge in [-0.2, -0.15) is 0 Å². The second kappa shape index (κ2) is 2.55. The van der Waals surface area contributed by atoms with E-state index in [0.29, 0.717) is 0 Å². The van der Waals surface area contributed by atoms with Crippen LogP contribution in [0.4, 0.5) is 0 Å². The molecular weight excluding hydrogens is 103 g/mol. The predicted molar refractivity (Wildman–Crippen MR) is 33.5 cm³/mol. The number of carbonyl (C=O) groups is 2. The molecule has 0 spiro atoms. The van der Waals surface area contributed by atoms with Gasteiger partial charge < -0.3 is 0 Å². The van der Waals surface area contributed by atoms with Gasteiger partial charge in [0.25, 0.3) is 0 Å². The Balaban J connectivity index is 4.38. The van der Waals surface area contributed by atoms with E-state index in [1.165, 1.54) is 13.8 Å². The molecule has 0 aliphatic heterocycles. The fourth-order valence-corrected chi connectivity index (χ4v) is 0.248. The van der Waals surface area contributed by atoms with E-state index in [1.807, 2.05) is 0 Å². The van der Waals surface area contributed by atoms with Gasteiger partial charge in [0.05, 0.1) is 0 Å². The average Bonchev–Trinajstić information content (AvgIpc) is 1.64. The van der Waals surface area contributed by atoms with Crippen molar-refractivity contribution in [2.75, 3.05) is 0 Å². The predicted octanol–water partition coefficient (Wildman–Crippen LogP) is -0.762. The van der Waals surface area contributed by atoms with Gasteiger partial charge in [0, 0.05) is 0 Å². The molecule has 0 heterocycles. The summed E-state index contributed by atoms with van der Waals surface area (Å²) in [6, 6.07) is 0. The van der Waals surface area contributed by atoms with E-state index in [4.69, 9.17) is 1.34 Å². The molecule has 0 N–H and O–H groups in total. The Bertz CT molecular complexity index is 158. The number of carbonyl (C=O) groups excluding carboxylic acids is 2. The zero-order valence-corrected chi connectivity index (χ0v) is 4.89. The van der Waals surface area contributed by atoms with Crippen LogP contribution < -0.4 is 0 Å². The van der Waals surface area contributed by atoms with Crippen LogP contribution in [0.3, 0.4) is 0 Å². The van der Waals surface area contributed by atoms with Crippen molar-refractivity contribution in [3.8, 4) is 0 Å². The average molecular weight is 111 g/mol. The third-order valence-corrected chi connectivity index (χ3v) is 0.759. The first-order chi connectivity index (χ1) is 4.09. The molecule has 0 amide bonds. The van der Waals surface area contributed by atoms with Crippen LogP contribution in [0.25, 0.3) is 0 Å². The minimum absolute atomic E-state index is 0.0463.